The van der Waals surface area contributed by atoms with Gasteiger partial charge >= 0.3 is 13.0 Å². The normalized spacial score (nSPS) is 12.1. The van der Waals surface area contributed by atoms with Gasteiger partial charge in [-0.3, -0.25) is 4.55 Å². The van der Waals surface area contributed by atoms with Crippen LogP contribution < -0.4 is 0 Å². The summed E-state index contributed by atoms with van der Waals surface area (Å²) in [5, 5.41) is 16.0. The highest BCUT2D eigenvalue weighted by Gasteiger charge is 2.10. The topological polar surface area (TPSA) is 235 Å². The number of aliphatic hydroxyl groups is 2. The molecule has 0 aliphatic rings. The number of hydrogen-bond acceptors (Lipinski definition) is 10. The maximum absolute atomic E-state index is 9.64. The predicted octanol–water partition coefficient (Wildman–Crippen LogP) is -3.09. The monoisotopic (exact) mass is 378 g/mol. The van der Waals surface area contributed by atoms with Gasteiger partial charge in [0.05, 0.1) is 0 Å². The molecule has 0 spiro atoms. The third kappa shape index (κ3) is 45.3. The van der Waals surface area contributed by atoms with E-state index in [-0.39, 0.29) is 6.90 Å². The van der Waals surface area contributed by atoms with Crippen LogP contribution in [-0.4, -0.2) is 67.2 Å². The Morgan fingerprint density at radius 2 is 1.19 bits per heavy atom. The Kier molecular flexibility index (Phi) is 26.5. The van der Waals surface area contributed by atoms with Gasteiger partial charge in [-0.1, -0.05) is 0 Å². The molecule has 0 aromatic heterocycles. The van der Waals surface area contributed by atoms with E-state index in [4.69, 9.17) is 28.0 Å². The average molecular weight is 378 g/mol. The molecule has 0 rings (SSSR count). The minimum atomic E-state index is -4.44. The van der Waals surface area contributed by atoms with Crippen molar-refractivity contribution in [2.45, 2.75) is 31.6 Å². The molecule has 0 fully saturated rings. The number of rotatable bonds is 2. The average Bonchev–Trinajstić information content (AvgIpc) is 2.17. The molecule has 0 amide bonds. The maximum Gasteiger partial charge on any atom is 1.00 e. The Hall–Kier alpha value is -0.810. The Morgan fingerprint density at radius 3 is 1.19 bits per heavy atom. The second kappa shape index (κ2) is 17.2. The first-order valence-corrected chi connectivity index (χ1v) is 7.95. The zero-order chi connectivity index (χ0) is 17.6. The fraction of sp³-hybridized carbons (Fsp3) is 0.833. The lowest BCUT2D eigenvalue weighted by atomic mass is 10.9. The Morgan fingerprint density at radius 1 is 1.10 bits per heavy atom. The number of hydrogen-bond donors (Lipinski definition) is 3. The maximum atomic E-state index is 9.64. The zero-order valence-corrected chi connectivity index (χ0v) is 13.5. The van der Waals surface area contributed by atoms with Gasteiger partial charge in [-0.15, -0.1) is 0 Å². The van der Waals surface area contributed by atoms with Gasteiger partial charge in [-0.25, -0.2) is 8.42 Å². The van der Waals surface area contributed by atoms with Crippen molar-refractivity contribution in [3.8, 4) is 0 Å². The molecule has 21 heavy (non-hydrogen) atoms. The molecule has 0 saturated heterocycles. The van der Waals surface area contributed by atoms with Crippen LogP contribution in [0, 0.1) is 0 Å². The third-order valence-corrected chi connectivity index (χ3v) is 2.55. The number of carbonyl (C=O) groups is 1. The van der Waals surface area contributed by atoms with E-state index < -0.39 is 42.7 Å². The molecule has 0 heterocycles. The van der Waals surface area contributed by atoms with E-state index in [1.54, 1.807) is 0 Å². The molecule has 15 heteroatoms. The highest BCUT2D eigenvalue weighted by molar-refractivity contribution is 7.86. The SMILES string of the molecule is CC(O)S(=O)(=O)O.CC(O)S(=O)(=O)[O-].CC=O.O.O=S=O.[H+]. The van der Waals surface area contributed by atoms with E-state index >= 15 is 0 Å². The van der Waals surface area contributed by atoms with Crippen LogP contribution in [0.5, 0.6) is 0 Å². The third-order valence-electron chi connectivity index (χ3n) is 0.849. The first-order chi connectivity index (χ1) is 8.72. The van der Waals surface area contributed by atoms with Crippen LogP contribution >= 0.6 is 0 Å². The number of aliphatic hydroxyl groups excluding tert-OH is 2. The zero-order valence-electron chi connectivity index (χ0n) is 12.1. The summed E-state index contributed by atoms with van der Waals surface area (Å²) in [6.07, 6.45) is 0.750. The van der Waals surface area contributed by atoms with Gasteiger partial charge in [0, 0.05) is 0 Å². The molecule has 0 saturated carbocycles. The summed E-state index contributed by atoms with van der Waals surface area (Å²) in [7, 11) is -8.62. The first-order valence-electron chi connectivity index (χ1n) is 4.30. The quantitative estimate of drug-likeness (QED) is 0.321. The number of aldehydes is 1. The smallest absolute Gasteiger partial charge is 0.746 e. The standard InChI is InChI=1S/2C2H6O4S.C2H4O.O2S.H2O/c2*1-2(3)7(4,5)6;1-2-3;1-3-2;/h2*2-3H,1H3,(H,4,5,6);2H,1H3;;1H2. The highest BCUT2D eigenvalue weighted by Crippen LogP contribution is 1.88. The van der Waals surface area contributed by atoms with E-state index in [0.717, 1.165) is 20.1 Å². The molecule has 132 valence electrons. The van der Waals surface area contributed by atoms with Gasteiger partial charge in [0.25, 0.3) is 10.1 Å². The Bertz CT molecular complexity index is 425. The molecule has 2 unspecified atom stereocenters. The molecule has 5 N–H and O–H groups in total. The molecule has 2 atom stereocenters. The van der Waals surface area contributed by atoms with Crippen molar-refractivity contribution in [3.63, 3.8) is 0 Å². The van der Waals surface area contributed by atoms with Gasteiger partial charge < -0.3 is 25.0 Å². The molecule has 12 nitrogen and oxygen atoms in total. The van der Waals surface area contributed by atoms with Crippen molar-refractivity contribution < 1.29 is 56.3 Å². The molecule has 0 aliphatic carbocycles. The lowest BCUT2D eigenvalue weighted by molar-refractivity contribution is -0.106. The molecule has 0 aromatic carbocycles. The van der Waals surface area contributed by atoms with Crippen LogP contribution in [0.15, 0.2) is 0 Å². The lowest BCUT2D eigenvalue weighted by Gasteiger charge is -2.07. The van der Waals surface area contributed by atoms with Crippen molar-refractivity contribution in [2.75, 3.05) is 0 Å². The largest absolute Gasteiger partial charge is 1.00 e. The van der Waals surface area contributed by atoms with Crippen molar-refractivity contribution in [3.05, 3.63) is 0 Å². The summed E-state index contributed by atoms with van der Waals surface area (Å²) >= 11 is -0.750. The highest BCUT2D eigenvalue weighted by atomic mass is 32.2. The summed E-state index contributed by atoms with van der Waals surface area (Å²) < 4.78 is 72.2. The second-order valence-electron chi connectivity index (χ2n) is 2.51. The van der Waals surface area contributed by atoms with Crippen LogP contribution in [0.4, 0.5) is 0 Å². The molecular weight excluding hydrogens is 360 g/mol. The first kappa shape index (κ1) is 32.2. The van der Waals surface area contributed by atoms with Gasteiger partial charge in [0.1, 0.15) is 21.8 Å². The van der Waals surface area contributed by atoms with Gasteiger partial charge in [0.2, 0.25) is 0 Å². The summed E-state index contributed by atoms with van der Waals surface area (Å²) in [4.78, 5) is 8.81. The predicted molar refractivity (Wildman–Crippen MR) is 70.0 cm³/mol. The molecule has 0 aliphatic heterocycles. The summed E-state index contributed by atoms with van der Waals surface area (Å²) in [5.74, 6) is 0. The molecule has 0 aromatic rings. The van der Waals surface area contributed by atoms with Crippen molar-refractivity contribution in [1.82, 2.24) is 0 Å². The Balaban J connectivity index is -0.0000000404. The van der Waals surface area contributed by atoms with E-state index in [0.29, 0.717) is 0 Å². The fourth-order valence-corrected chi connectivity index (χ4v) is 0. The fourth-order valence-electron chi connectivity index (χ4n) is 0. The number of carbonyl (C=O) groups excluding carboxylic acids is 1. The van der Waals surface area contributed by atoms with Gasteiger partial charge in [-0.05, 0) is 20.8 Å². The van der Waals surface area contributed by atoms with Crippen molar-refractivity contribution in [2.24, 2.45) is 0 Å². The molecule has 0 radical (unpaired) electrons. The van der Waals surface area contributed by atoms with Crippen molar-refractivity contribution in [1.29, 1.82) is 0 Å². The summed E-state index contributed by atoms with van der Waals surface area (Å²) in [6.45, 7) is 3.32. The molecule has 0 bridgehead atoms. The van der Waals surface area contributed by atoms with E-state index in [1.807, 2.05) is 0 Å². The minimum Gasteiger partial charge on any atom is -0.746 e. The van der Waals surface area contributed by atoms with Crippen LogP contribution in [0.2, 0.25) is 0 Å². The lowest BCUT2D eigenvalue weighted by Crippen LogP contribution is -2.14. The van der Waals surface area contributed by atoms with E-state index in [9.17, 15) is 21.4 Å². The minimum absolute atomic E-state index is 0. The van der Waals surface area contributed by atoms with Gasteiger partial charge in [-0.2, -0.15) is 16.8 Å². The van der Waals surface area contributed by atoms with Crippen LogP contribution in [0.1, 0.15) is 22.2 Å². The molecular formula is C6H18O12S3. The van der Waals surface area contributed by atoms with Crippen LogP contribution in [0.3, 0.4) is 0 Å². The van der Waals surface area contributed by atoms with E-state index in [1.165, 1.54) is 6.92 Å². The van der Waals surface area contributed by atoms with Crippen molar-refractivity contribution >= 4 is 38.1 Å². The van der Waals surface area contributed by atoms with E-state index in [2.05, 4.69) is 0 Å². The van der Waals surface area contributed by atoms with Gasteiger partial charge in [0.15, 0.2) is 5.44 Å². The van der Waals surface area contributed by atoms with Crippen LogP contribution in [-0.2, 0) is 36.6 Å². The Labute approximate surface area is 126 Å². The summed E-state index contributed by atoms with van der Waals surface area (Å²) in [6, 6.07) is 0. The van der Waals surface area contributed by atoms with Crippen LogP contribution in [0.25, 0.3) is 0 Å². The summed E-state index contributed by atoms with van der Waals surface area (Å²) in [5.41, 5.74) is -3.46. The second-order valence-corrected chi connectivity index (χ2v) is 6.03.